The molecule has 3 saturated carbocycles. The molecule has 1 unspecified atom stereocenters. The van der Waals surface area contributed by atoms with Crippen molar-refractivity contribution in [3.8, 4) is 0 Å². The van der Waals surface area contributed by atoms with Crippen molar-refractivity contribution in [2.75, 3.05) is 6.61 Å². The molecule has 2 heterocycles. The fourth-order valence-corrected chi connectivity index (χ4v) is 10.6. The highest BCUT2D eigenvalue weighted by atomic mass is 16.6. The fraction of sp³-hybridized carbons (Fsp3) is 0.686. The molecule has 1 aromatic heterocycles. The number of hydrogen-bond donors (Lipinski definition) is 1. The van der Waals surface area contributed by atoms with Gasteiger partial charge in [-0.3, -0.25) is 9.59 Å². The monoisotopic (exact) mass is 610 g/mol. The van der Waals surface area contributed by atoms with Gasteiger partial charge in [-0.05, 0) is 44.2 Å². The summed E-state index contributed by atoms with van der Waals surface area (Å²) in [6.45, 7) is 15.1. The molecule has 5 aliphatic rings. The summed E-state index contributed by atoms with van der Waals surface area (Å²) in [5.41, 5.74) is -0.215. The summed E-state index contributed by atoms with van der Waals surface area (Å²) in [4.78, 5) is 38.4. The van der Waals surface area contributed by atoms with Crippen LogP contribution in [-0.4, -0.2) is 60.1 Å². The van der Waals surface area contributed by atoms with Crippen LogP contribution in [-0.2, 0) is 33.3 Å². The minimum absolute atomic E-state index is 0.0171. The standard InChI is InChI=1S/C35H46O9/c1-9-18(2)31(39)44-27-15-25(42-19(3)36)32(5)17-41-28-29(32)35(27,8)24-14-26(43-20(4)37)33(6)22(21-12-13-40-16-21)10-11-23(33)34(24,7)30(28)38/h9,11-13,16,22,24-30,38H,10,14-15,17H2,1-8H3/b18-9+/t22-,24+,25-,26?,27+,28-,29+,30-,32-,33+,34+,35+/m1/s1. The molecule has 12 atom stereocenters. The lowest BCUT2D eigenvalue weighted by atomic mass is 9.36. The van der Waals surface area contributed by atoms with Crippen LogP contribution in [0, 0.1) is 33.5 Å². The van der Waals surface area contributed by atoms with Crippen molar-refractivity contribution in [1.29, 1.82) is 0 Å². The zero-order valence-corrected chi connectivity index (χ0v) is 27.0. The number of carbonyl (C=O) groups excluding carboxylic acids is 3. The highest BCUT2D eigenvalue weighted by Crippen LogP contribution is 2.75. The van der Waals surface area contributed by atoms with E-state index in [4.69, 9.17) is 23.4 Å². The first-order chi connectivity index (χ1) is 20.6. The van der Waals surface area contributed by atoms with Crippen LogP contribution in [0.1, 0.15) is 86.1 Å². The number of esters is 3. The predicted octanol–water partition coefficient (Wildman–Crippen LogP) is 5.27. The first-order valence-corrected chi connectivity index (χ1v) is 15.9. The van der Waals surface area contributed by atoms with Crippen molar-refractivity contribution < 1.29 is 42.9 Å². The van der Waals surface area contributed by atoms with Gasteiger partial charge in [0.1, 0.15) is 18.3 Å². The Morgan fingerprint density at radius 2 is 1.64 bits per heavy atom. The van der Waals surface area contributed by atoms with E-state index in [2.05, 4.69) is 33.8 Å². The van der Waals surface area contributed by atoms with E-state index in [9.17, 15) is 19.5 Å². The number of allylic oxidation sites excluding steroid dienone is 2. The number of furan rings is 1. The lowest BCUT2D eigenvalue weighted by Crippen LogP contribution is -2.74. The molecule has 1 aliphatic heterocycles. The van der Waals surface area contributed by atoms with E-state index in [0.29, 0.717) is 31.4 Å². The Morgan fingerprint density at radius 3 is 2.25 bits per heavy atom. The van der Waals surface area contributed by atoms with Crippen molar-refractivity contribution in [2.24, 2.45) is 33.5 Å². The van der Waals surface area contributed by atoms with Gasteiger partial charge >= 0.3 is 17.9 Å². The number of aliphatic hydroxyl groups excluding tert-OH is 1. The van der Waals surface area contributed by atoms with Gasteiger partial charge in [-0.2, -0.15) is 0 Å². The van der Waals surface area contributed by atoms with Crippen LogP contribution in [0.5, 0.6) is 0 Å². The zero-order valence-electron chi connectivity index (χ0n) is 27.0. The van der Waals surface area contributed by atoms with Crippen LogP contribution in [0.25, 0.3) is 0 Å². The minimum atomic E-state index is -0.899. The zero-order chi connectivity index (χ0) is 32.0. The van der Waals surface area contributed by atoms with E-state index in [0.717, 1.165) is 11.1 Å². The number of carbonyl (C=O) groups is 3. The molecule has 4 aliphatic carbocycles. The van der Waals surface area contributed by atoms with Crippen molar-refractivity contribution >= 4 is 17.9 Å². The number of ether oxygens (including phenoxy) is 4. The van der Waals surface area contributed by atoms with Gasteiger partial charge in [-0.1, -0.05) is 45.4 Å². The van der Waals surface area contributed by atoms with E-state index < -0.39 is 64.1 Å². The Morgan fingerprint density at radius 1 is 0.955 bits per heavy atom. The summed E-state index contributed by atoms with van der Waals surface area (Å²) >= 11 is 0. The molecular weight excluding hydrogens is 564 g/mol. The Labute approximate surface area is 259 Å². The van der Waals surface area contributed by atoms with Crippen LogP contribution in [0.15, 0.2) is 46.3 Å². The highest BCUT2D eigenvalue weighted by Gasteiger charge is 2.78. The summed E-state index contributed by atoms with van der Waals surface area (Å²) in [6, 6.07) is 1.96. The molecule has 0 radical (unpaired) electrons. The SMILES string of the molecule is C/C=C(\C)C(=O)O[C@H]1C[C@@H](OC(C)=O)[C@@]2(C)CO[C@H]3[C@@H](O)[C@@]4(C)C5=CC[C@H](c6ccoc6)[C@]5(C)C(OC(C)=O)C[C@@H]4[C@]1(C)[C@@H]32. The molecule has 1 saturated heterocycles. The maximum absolute atomic E-state index is 13.4. The fourth-order valence-electron chi connectivity index (χ4n) is 10.6. The van der Waals surface area contributed by atoms with Crippen molar-refractivity contribution in [2.45, 2.75) is 111 Å². The molecule has 4 fully saturated rings. The van der Waals surface area contributed by atoms with E-state index in [-0.39, 0.29) is 23.7 Å². The Bertz CT molecular complexity index is 1410. The Balaban J connectivity index is 1.54. The molecule has 44 heavy (non-hydrogen) atoms. The molecular formula is C35H46O9. The largest absolute Gasteiger partial charge is 0.472 e. The van der Waals surface area contributed by atoms with Crippen molar-refractivity contribution in [3.05, 3.63) is 47.5 Å². The molecule has 240 valence electrons. The molecule has 0 aromatic carbocycles. The highest BCUT2D eigenvalue weighted by molar-refractivity contribution is 5.87. The summed E-state index contributed by atoms with van der Waals surface area (Å²) < 4.78 is 30.6. The predicted molar refractivity (Wildman–Crippen MR) is 159 cm³/mol. The second kappa shape index (κ2) is 10.3. The maximum Gasteiger partial charge on any atom is 0.333 e. The summed E-state index contributed by atoms with van der Waals surface area (Å²) in [6.07, 6.45) is 5.61. The van der Waals surface area contributed by atoms with Crippen LogP contribution < -0.4 is 0 Å². The topological polar surface area (TPSA) is 122 Å². The molecule has 6 rings (SSSR count). The molecule has 0 bridgehead atoms. The van der Waals surface area contributed by atoms with Crippen LogP contribution in [0.3, 0.4) is 0 Å². The Hall–Kier alpha value is -2.91. The number of hydrogen-bond acceptors (Lipinski definition) is 9. The molecule has 9 heteroatoms. The normalized spacial score (nSPS) is 45.8. The summed E-state index contributed by atoms with van der Waals surface area (Å²) in [5, 5.41) is 12.5. The number of aliphatic hydroxyl groups is 1. The van der Waals surface area contributed by atoms with Crippen LogP contribution in [0.4, 0.5) is 0 Å². The average molecular weight is 611 g/mol. The molecule has 1 aromatic rings. The van der Waals surface area contributed by atoms with Crippen molar-refractivity contribution in [1.82, 2.24) is 0 Å². The first-order valence-electron chi connectivity index (χ1n) is 15.9. The van der Waals surface area contributed by atoms with Crippen LogP contribution >= 0.6 is 0 Å². The molecule has 9 nitrogen and oxygen atoms in total. The van der Waals surface area contributed by atoms with Gasteiger partial charge in [-0.15, -0.1) is 0 Å². The van der Waals surface area contributed by atoms with Gasteiger partial charge in [0.05, 0.1) is 31.3 Å². The van der Waals surface area contributed by atoms with E-state index in [1.807, 2.05) is 6.07 Å². The smallest absolute Gasteiger partial charge is 0.333 e. The van der Waals surface area contributed by atoms with Gasteiger partial charge in [0.15, 0.2) is 0 Å². The van der Waals surface area contributed by atoms with Gasteiger partial charge in [0.2, 0.25) is 0 Å². The third kappa shape index (κ3) is 4.00. The maximum atomic E-state index is 13.4. The second-order valence-corrected chi connectivity index (χ2v) is 14.7. The lowest BCUT2D eigenvalue weighted by molar-refractivity contribution is -0.270. The lowest BCUT2D eigenvalue weighted by Gasteiger charge is -2.70. The minimum Gasteiger partial charge on any atom is -0.472 e. The molecule has 1 N–H and O–H groups in total. The van der Waals surface area contributed by atoms with Crippen molar-refractivity contribution in [3.63, 3.8) is 0 Å². The molecule has 0 amide bonds. The number of fused-ring (bicyclic) bond motifs is 4. The molecule has 0 spiro atoms. The Kier molecular flexibility index (Phi) is 7.28. The third-order valence-electron chi connectivity index (χ3n) is 12.7. The van der Waals surface area contributed by atoms with Gasteiger partial charge in [0, 0.05) is 59.3 Å². The summed E-state index contributed by atoms with van der Waals surface area (Å²) in [7, 11) is 0. The van der Waals surface area contributed by atoms with Gasteiger partial charge in [-0.25, -0.2) is 4.79 Å². The van der Waals surface area contributed by atoms with Gasteiger partial charge < -0.3 is 28.5 Å². The van der Waals surface area contributed by atoms with E-state index >= 15 is 0 Å². The first kappa shape index (κ1) is 31.1. The van der Waals surface area contributed by atoms with E-state index in [1.54, 1.807) is 32.4 Å². The quantitative estimate of drug-likeness (QED) is 0.206. The van der Waals surface area contributed by atoms with Gasteiger partial charge in [0.25, 0.3) is 0 Å². The summed E-state index contributed by atoms with van der Waals surface area (Å²) in [5.74, 6) is -1.79. The average Bonchev–Trinajstić information content (AvgIpc) is 3.69. The number of rotatable bonds is 5. The van der Waals surface area contributed by atoms with Crippen LogP contribution in [0.2, 0.25) is 0 Å². The second-order valence-electron chi connectivity index (χ2n) is 14.7. The third-order valence-corrected chi connectivity index (χ3v) is 12.7. The van der Waals surface area contributed by atoms with E-state index in [1.165, 1.54) is 13.8 Å².